The Morgan fingerprint density at radius 2 is 1.08 bits per heavy atom. The van der Waals surface area contributed by atoms with Crippen molar-refractivity contribution in [3.05, 3.63) is 24.3 Å². The Morgan fingerprint density at radius 1 is 0.769 bits per heavy atom. The summed E-state index contributed by atoms with van der Waals surface area (Å²) in [6.45, 7) is 9.48. The fourth-order valence-corrected chi connectivity index (χ4v) is 4.96. The van der Waals surface area contributed by atoms with E-state index >= 15 is 0 Å². The van der Waals surface area contributed by atoms with Gasteiger partial charge in [0, 0.05) is 19.5 Å². The monoisotopic (exact) mass is 294 g/mol. The van der Waals surface area contributed by atoms with E-state index in [4.69, 9.17) is 0 Å². The summed E-state index contributed by atoms with van der Waals surface area (Å²) in [5.41, 5.74) is 0. The van der Waals surface area contributed by atoms with Crippen LogP contribution in [0.4, 0.5) is 0 Å². The van der Waals surface area contributed by atoms with Crippen molar-refractivity contribution >= 4 is 28.0 Å². The van der Waals surface area contributed by atoms with Crippen LogP contribution in [0.2, 0.25) is 26.2 Å². The predicted molar refractivity (Wildman–Crippen MR) is 60.7 cm³/mol. The molecular weight excluding hydrogens is 277 g/mol. The number of hydrogen-bond acceptors (Lipinski definition) is 0. The molecule has 0 saturated carbocycles. The Balaban J connectivity index is 0.00000144. The van der Waals surface area contributed by atoms with E-state index in [2.05, 4.69) is 50.5 Å². The fourth-order valence-electron chi connectivity index (χ4n) is 1.36. The SMILES string of the molecule is C[Si](C)c1ccccc1[Si](C)C.[Ru]. The minimum absolute atomic E-state index is 0. The second kappa shape index (κ2) is 5.89. The van der Waals surface area contributed by atoms with Gasteiger partial charge in [-0.05, 0) is 0 Å². The standard InChI is InChI=1S/C10H16Si2.Ru/c1-11(2)9-7-5-6-8-10(9)12(3)4;/h5-8H,1-4H3;. The molecule has 1 rings (SSSR count). The van der Waals surface area contributed by atoms with Crippen molar-refractivity contribution in [1.29, 1.82) is 0 Å². The van der Waals surface area contributed by atoms with Gasteiger partial charge in [0.1, 0.15) is 0 Å². The summed E-state index contributed by atoms with van der Waals surface area (Å²) in [7, 11) is -0.522. The van der Waals surface area contributed by atoms with Crippen LogP contribution in [0, 0.1) is 0 Å². The number of benzene rings is 1. The summed E-state index contributed by atoms with van der Waals surface area (Å²) in [6.07, 6.45) is 0. The van der Waals surface area contributed by atoms with E-state index in [0.29, 0.717) is 0 Å². The summed E-state index contributed by atoms with van der Waals surface area (Å²) in [5, 5.41) is 3.28. The summed E-state index contributed by atoms with van der Waals surface area (Å²) >= 11 is 0. The van der Waals surface area contributed by atoms with Crippen LogP contribution in [0.3, 0.4) is 0 Å². The van der Waals surface area contributed by atoms with Crippen molar-refractivity contribution < 1.29 is 19.5 Å². The normalized spacial score (nSPS) is 10.3. The molecule has 0 fully saturated rings. The first kappa shape index (κ1) is 13.3. The van der Waals surface area contributed by atoms with Crippen molar-refractivity contribution in [2.24, 2.45) is 0 Å². The van der Waals surface area contributed by atoms with Gasteiger partial charge < -0.3 is 0 Å². The van der Waals surface area contributed by atoms with Crippen molar-refractivity contribution in [1.82, 2.24) is 0 Å². The third-order valence-electron chi connectivity index (χ3n) is 2.00. The molecule has 0 N–H and O–H groups in total. The van der Waals surface area contributed by atoms with Crippen molar-refractivity contribution in [2.45, 2.75) is 26.2 Å². The maximum atomic E-state index is 2.37. The molecule has 0 heterocycles. The zero-order valence-electron chi connectivity index (χ0n) is 8.66. The summed E-state index contributed by atoms with van der Waals surface area (Å²) < 4.78 is 0. The second-order valence-electron chi connectivity index (χ2n) is 3.55. The quantitative estimate of drug-likeness (QED) is 0.727. The molecular formula is C10H16RuSi2. The van der Waals surface area contributed by atoms with E-state index in [0.717, 1.165) is 0 Å². The summed E-state index contributed by atoms with van der Waals surface area (Å²) in [6, 6.07) is 8.95. The minimum Gasteiger partial charge on any atom is -0.0671 e. The van der Waals surface area contributed by atoms with E-state index in [1.54, 1.807) is 10.4 Å². The topological polar surface area (TPSA) is 0 Å². The molecule has 0 spiro atoms. The summed E-state index contributed by atoms with van der Waals surface area (Å²) in [4.78, 5) is 0. The molecule has 0 aromatic heterocycles. The molecule has 3 heteroatoms. The molecule has 0 atom stereocenters. The average molecular weight is 293 g/mol. The van der Waals surface area contributed by atoms with Gasteiger partial charge in [0.2, 0.25) is 0 Å². The van der Waals surface area contributed by atoms with E-state index in [-0.39, 0.29) is 37.1 Å². The zero-order chi connectivity index (χ0) is 9.14. The van der Waals surface area contributed by atoms with Gasteiger partial charge in [0.05, 0.1) is 17.6 Å². The van der Waals surface area contributed by atoms with Crippen molar-refractivity contribution in [3.8, 4) is 0 Å². The summed E-state index contributed by atoms with van der Waals surface area (Å²) in [5.74, 6) is 0. The van der Waals surface area contributed by atoms with E-state index in [1.807, 2.05) is 0 Å². The van der Waals surface area contributed by atoms with E-state index in [1.165, 1.54) is 0 Å². The molecule has 1 aromatic carbocycles. The first-order valence-electron chi connectivity index (χ1n) is 4.33. The third-order valence-corrected chi connectivity index (χ3v) is 5.28. The molecule has 0 unspecified atom stereocenters. The van der Waals surface area contributed by atoms with Crippen LogP contribution >= 0.6 is 0 Å². The minimum atomic E-state index is -0.261. The maximum absolute atomic E-state index is 2.37. The maximum Gasteiger partial charge on any atom is 0.0789 e. The van der Waals surface area contributed by atoms with Crippen molar-refractivity contribution in [2.75, 3.05) is 0 Å². The first-order valence-corrected chi connectivity index (χ1v) is 9.33. The van der Waals surface area contributed by atoms with E-state index < -0.39 is 0 Å². The van der Waals surface area contributed by atoms with Gasteiger partial charge >= 0.3 is 0 Å². The molecule has 0 saturated heterocycles. The molecule has 72 valence electrons. The van der Waals surface area contributed by atoms with Crippen LogP contribution in [0.25, 0.3) is 0 Å². The van der Waals surface area contributed by atoms with Crippen molar-refractivity contribution in [3.63, 3.8) is 0 Å². The first-order chi connectivity index (χ1) is 5.63. The van der Waals surface area contributed by atoms with Crippen LogP contribution in [0.15, 0.2) is 24.3 Å². The van der Waals surface area contributed by atoms with E-state index in [9.17, 15) is 0 Å². The van der Waals surface area contributed by atoms with Gasteiger partial charge in [-0.1, -0.05) is 60.8 Å². The van der Waals surface area contributed by atoms with Gasteiger partial charge in [-0.15, -0.1) is 0 Å². The largest absolute Gasteiger partial charge is 0.0789 e. The molecule has 0 aliphatic carbocycles. The van der Waals surface area contributed by atoms with Gasteiger partial charge in [-0.3, -0.25) is 0 Å². The fraction of sp³-hybridized carbons (Fsp3) is 0.400. The van der Waals surface area contributed by atoms with Crippen LogP contribution in [-0.4, -0.2) is 17.6 Å². The molecule has 2 radical (unpaired) electrons. The number of hydrogen-bond donors (Lipinski definition) is 0. The zero-order valence-corrected chi connectivity index (χ0v) is 12.4. The number of rotatable bonds is 2. The average Bonchev–Trinajstić information content (AvgIpc) is 2.04. The van der Waals surface area contributed by atoms with Gasteiger partial charge in [-0.25, -0.2) is 0 Å². The smallest absolute Gasteiger partial charge is 0.0671 e. The Morgan fingerprint density at radius 3 is 1.31 bits per heavy atom. The van der Waals surface area contributed by atoms with Crippen LogP contribution in [-0.2, 0) is 19.5 Å². The molecule has 1 aromatic rings. The van der Waals surface area contributed by atoms with Crippen LogP contribution in [0.1, 0.15) is 0 Å². The Hall–Kier alpha value is 0.277. The molecule has 0 bridgehead atoms. The second-order valence-corrected chi connectivity index (χ2v) is 8.62. The molecule has 0 aliphatic heterocycles. The third kappa shape index (κ3) is 3.49. The Labute approximate surface area is 97.7 Å². The molecule has 0 nitrogen and oxygen atoms in total. The van der Waals surface area contributed by atoms with Gasteiger partial charge in [0.15, 0.2) is 0 Å². The Kier molecular flexibility index (Phi) is 6.02. The Bertz CT molecular complexity index is 232. The van der Waals surface area contributed by atoms with Crippen LogP contribution in [0.5, 0.6) is 0 Å². The predicted octanol–water partition coefficient (Wildman–Crippen LogP) is 1.61. The molecule has 0 aliphatic rings. The van der Waals surface area contributed by atoms with Gasteiger partial charge in [0.25, 0.3) is 0 Å². The molecule has 13 heavy (non-hydrogen) atoms. The van der Waals surface area contributed by atoms with Crippen LogP contribution < -0.4 is 10.4 Å². The van der Waals surface area contributed by atoms with Gasteiger partial charge in [-0.2, -0.15) is 0 Å². The molecule has 0 amide bonds.